The van der Waals surface area contributed by atoms with Gasteiger partial charge in [0.1, 0.15) is 6.61 Å². The number of nitrogens with two attached hydrogens (primary N) is 1. The molecule has 18 heavy (non-hydrogen) atoms. The molecule has 0 unspecified atom stereocenters. The maximum Gasteiger partial charge on any atom is 0.252 e. The van der Waals surface area contributed by atoms with E-state index in [0.717, 1.165) is 18.7 Å². The first kappa shape index (κ1) is 12.1. The van der Waals surface area contributed by atoms with Crippen LogP contribution in [0.4, 0.5) is 0 Å². The highest BCUT2D eigenvalue weighted by Gasteiger charge is 2.30. The maximum atomic E-state index is 6.30. The minimum Gasteiger partial charge on any atom is -0.370 e. The van der Waals surface area contributed by atoms with Gasteiger partial charge in [0.25, 0.3) is 5.89 Å². The van der Waals surface area contributed by atoms with Gasteiger partial charge in [-0.3, -0.25) is 0 Å². The molecule has 2 saturated carbocycles. The molecule has 100 valence electrons. The Balaban J connectivity index is 1.45. The molecule has 0 amide bonds. The summed E-state index contributed by atoms with van der Waals surface area (Å²) in [6.45, 7) is 0.979. The van der Waals surface area contributed by atoms with Crippen molar-refractivity contribution in [1.82, 2.24) is 10.1 Å². The van der Waals surface area contributed by atoms with Crippen LogP contribution in [0.15, 0.2) is 4.52 Å². The standard InChI is InChI=1S/C13H21N3O2/c14-13(6-2-1-3-7-13)9-17-8-11-15-12(16-18-11)10-4-5-10/h10H,1-9,14H2. The number of rotatable bonds is 5. The largest absolute Gasteiger partial charge is 0.370 e. The first-order valence-corrected chi connectivity index (χ1v) is 6.94. The maximum absolute atomic E-state index is 6.30. The Kier molecular flexibility index (Phi) is 3.35. The van der Waals surface area contributed by atoms with Crippen molar-refractivity contribution >= 4 is 0 Å². The molecule has 0 spiro atoms. The van der Waals surface area contributed by atoms with Gasteiger partial charge in [0, 0.05) is 11.5 Å². The van der Waals surface area contributed by atoms with Crippen LogP contribution in [0.2, 0.25) is 0 Å². The molecule has 0 radical (unpaired) electrons. The van der Waals surface area contributed by atoms with Crippen molar-refractivity contribution in [1.29, 1.82) is 0 Å². The van der Waals surface area contributed by atoms with E-state index in [1.54, 1.807) is 0 Å². The van der Waals surface area contributed by atoms with Crippen molar-refractivity contribution in [3.05, 3.63) is 11.7 Å². The highest BCUT2D eigenvalue weighted by atomic mass is 16.5. The normalized spacial score (nSPS) is 23.2. The van der Waals surface area contributed by atoms with Crippen LogP contribution < -0.4 is 5.73 Å². The summed E-state index contributed by atoms with van der Waals surface area (Å²) in [7, 11) is 0. The van der Waals surface area contributed by atoms with Gasteiger partial charge in [-0.1, -0.05) is 24.4 Å². The van der Waals surface area contributed by atoms with E-state index in [1.807, 2.05) is 0 Å². The average Bonchev–Trinajstić information content (AvgIpc) is 3.11. The second-order valence-corrected chi connectivity index (χ2v) is 5.74. The lowest BCUT2D eigenvalue weighted by atomic mass is 9.83. The molecule has 1 heterocycles. The zero-order valence-corrected chi connectivity index (χ0v) is 10.7. The molecular formula is C13H21N3O2. The summed E-state index contributed by atoms with van der Waals surface area (Å²) in [4.78, 5) is 4.33. The number of ether oxygens (including phenoxy) is 1. The summed E-state index contributed by atoms with van der Waals surface area (Å²) in [6.07, 6.45) is 8.22. The molecule has 0 saturated heterocycles. The fourth-order valence-corrected chi connectivity index (χ4v) is 2.58. The lowest BCUT2D eigenvalue weighted by Crippen LogP contribution is -2.46. The van der Waals surface area contributed by atoms with Crippen molar-refractivity contribution in [2.45, 2.75) is 63.0 Å². The topological polar surface area (TPSA) is 74.2 Å². The van der Waals surface area contributed by atoms with Crippen molar-refractivity contribution < 1.29 is 9.26 Å². The third-order valence-electron chi connectivity index (χ3n) is 3.89. The van der Waals surface area contributed by atoms with E-state index in [9.17, 15) is 0 Å². The highest BCUT2D eigenvalue weighted by Crippen LogP contribution is 2.38. The van der Waals surface area contributed by atoms with Crippen LogP contribution in [0.5, 0.6) is 0 Å². The molecule has 2 N–H and O–H groups in total. The van der Waals surface area contributed by atoms with Crippen LogP contribution >= 0.6 is 0 Å². The summed E-state index contributed by atoms with van der Waals surface area (Å²) in [6, 6.07) is 0. The molecule has 1 aromatic rings. The first-order valence-electron chi connectivity index (χ1n) is 6.94. The molecule has 2 aliphatic carbocycles. The number of hydrogen-bond donors (Lipinski definition) is 1. The summed E-state index contributed by atoms with van der Waals surface area (Å²) >= 11 is 0. The third-order valence-corrected chi connectivity index (χ3v) is 3.89. The average molecular weight is 251 g/mol. The Morgan fingerprint density at radius 1 is 1.28 bits per heavy atom. The van der Waals surface area contributed by atoms with Crippen LogP contribution in [0, 0.1) is 0 Å². The van der Waals surface area contributed by atoms with E-state index in [1.165, 1.54) is 32.1 Å². The highest BCUT2D eigenvalue weighted by molar-refractivity contribution is 5.03. The van der Waals surface area contributed by atoms with Crippen LogP contribution in [0.1, 0.15) is 62.6 Å². The summed E-state index contributed by atoms with van der Waals surface area (Å²) < 4.78 is 10.8. The van der Waals surface area contributed by atoms with Crippen molar-refractivity contribution in [3.8, 4) is 0 Å². The number of nitrogens with zero attached hydrogens (tertiary/aromatic N) is 2. The molecule has 2 fully saturated rings. The summed E-state index contributed by atoms with van der Waals surface area (Å²) in [5.74, 6) is 1.95. The Morgan fingerprint density at radius 3 is 2.78 bits per heavy atom. The van der Waals surface area contributed by atoms with Gasteiger partial charge in [0.05, 0.1) is 6.61 Å². The lowest BCUT2D eigenvalue weighted by Gasteiger charge is -2.32. The van der Waals surface area contributed by atoms with Gasteiger partial charge in [-0.25, -0.2) is 0 Å². The first-order chi connectivity index (χ1) is 8.75. The molecule has 5 nitrogen and oxygen atoms in total. The Labute approximate surface area is 107 Å². The number of hydrogen-bond acceptors (Lipinski definition) is 5. The van der Waals surface area contributed by atoms with Crippen LogP contribution in [0.3, 0.4) is 0 Å². The molecule has 0 aliphatic heterocycles. The predicted molar refractivity (Wildman–Crippen MR) is 65.9 cm³/mol. The number of aromatic nitrogens is 2. The fraction of sp³-hybridized carbons (Fsp3) is 0.846. The van der Waals surface area contributed by atoms with E-state index in [2.05, 4.69) is 10.1 Å². The zero-order chi connectivity index (χ0) is 12.4. The van der Waals surface area contributed by atoms with E-state index in [0.29, 0.717) is 25.0 Å². The van der Waals surface area contributed by atoms with Gasteiger partial charge in [0.2, 0.25) is 0 Å². The Morgan fingerprint density at radius 2 is 2.06 bits per heavy atom. The van der Waals surface area contributed by atoms with Gasteiger partial charge < -0.3 is 15.0 Å². The third kappa shape index (κ3) is 2.90. The molecule has 3 rings (SSSR count). The van der Waals surface area contributed by atoms with E-state index in [4.69, 9.17) is 15.0 Å². The predicted octanol–water partition coefficient (Wildman–Crippen LogP) is 2.13. The Bertz CT molecular complexity index is 395. The van der Waals surface area contributed by atoms with Crippen LogP contribution in [-0.2, 0) is 11.3 Å². The van der Waals surface area contributed by atoms with Crippen molar-refractivity contribution in [2.75, 3.05) is 6.61 Å². The quantitative estimate of drug-likeness (QED) is 0.867. The molecule has 0 aromatic carbocycles. The fourth-order valence-electron chi connectivity index (χ4n) is 2.58. The molecule has 2 aliphatic rings. The molecule has 5 heteroatoms. The minimum atomic E-state index is -0.141. The van der Waals surface area contributed by atoms with Gasteiger partial charge in [-0.15, -0.1) is 0 Å². The lowest BCUT2D eigenvalue weighted by molar-refractivity contribution is 0.0439. The zero-order valence-electron chi connectivity index (χ0n) is 10.7. The molecule has 0 bridgehead atoms. The van der Waals surface area contributed by atoms with Crippen molar-refractivity contribution in [3.63, 3.8) is 0 Å². The second kappa shape index (κ2) is 4.97. The summed E-state index contributed by atoms with van der Waals surface area (Å²) in [5, 5.41) is 3.96. The van der Waals surface area contributed by atoms with Gasteiger partial charge in [-0.05, 0) is 25.7 Å². The smallest absolute Gasteiger partial charge is 0.252 e. The van der Waals surface area contributed by atoms with Crippen LogP contribution in [-0.4, -0.2) is 22.3 Å². The van der Waals surface area contributed by atoms with Gasteiger partial charge >= 0.3 is 0 Å². The van der Waals surface area contributed by atoms with Crippen LogP contribution in [0.25, 0.3) is 0 Å². The molecule has 0 atom stereocenters. The van der Waals surface area contributed by atoms with E-state index >= 15 is 0 Å². The van der Waals surface area contributed by atoms with E-state index < -0.39 is 0 Å². The Hall–Kier alpha value is -0.940. The molecule has 1 aromatic heterocycles. The monoisotopic (exact) mass is 251 g/mol. The van der Waals surface area contributed by atoms with Crippen molar-refractivity contribution in [2.24, 2.45) is 5.73 Å². The van der Waals surface area contributed by atoms with E-state index in [-0.39, 0.29) is 5.54 Å². The second-order valence-electron chi connectivity index (χ2n) is 5.74. The summed E-state index contributed by atoms with van der Waals surface area (Å²) in [5.41, 5.74) is 6.15. The molecular weight excluding hydrogens is 230 g/mol. The van der Waals surface area contributed by atoms with Gasteiger partial charge in [-0.2, -0.15) is 4.98 Å². The minimum absolute atomic E-state index is 0.141. The van der Waals surface area contributed by atoms with Gasteiger partial charge in [0.15, 0.2) is 5.82 Å². The SMILES string of the molecule is NC1(COCc2nc(C3CC3)no2)CCCCC1.